The van der Waals surface area contributed by atoms with Crippen LogP contribution in [0.25, 0.3) is 0 Å². The molecule has 1 aromatic carbocycles. The zero-order chi connectivity index (χ0) is 12.8. The van der Waals surface area contributed by atoms with Crippen molar-refractivity contribution in [3.05, 3.63) is 29.8 Å². The molecule has 1 heterocycles. The molecule has 0 amide bonds. The van der Waals surface area contributed by atoms with Crippen LogP contribution in [0.5, 0.6) is 5.75 Å². The van der Waals surface area contributed by atoms with Crippen LogP contribution in [0.3, 0.4) is 0 Å². The van der Waals surface area contributed by atoms with E-state index in [2.05, 4.69) is 24.4 Å². The third kappa shape index (κ3) is 3.47. The van der Waals surface area contributed by atoms with Crippen molar-refractivity contribution in [3.8, 4) is 5.75 Å². The Morgan fingerprint density at radius 2 is 2.28 bits per heavy atom. The van der Waals surface area contributed by atoms with Crippen LogP contribution >= 0.6 is 0 Å². The molecule has 0 spiro atoms. The first-order valence-corrected chi connectivity index (χ1v) is 6.75. The average Bonchev–Trinajstić information content (AvgIpc) is 2.45. The lowest BCUT2D eigenvalue weighted by molar-refractivity contribution is 0.0540. The summed E-state index contributed by atoms with van der Waals surface area (Å²) in [4.78, 5) is 0. The van der Waals surface area contributed by atoms with E-state index in [1.807, 2.05) is 12.1 Å². The molecule has 1 aromatic rings. The van der Waals surface area contributed by atoms with E-state index in [-0.39, 0.29) is 0 Å². The van der Waals surface area contributed by atoms with Crippen molar-refractivity contribution in [1.82, 2.24) is 5.32 Å². The fourth-order valence-corrected chi connectivity index (χ4v) is 2.45. The molecule has 1 saturated heterocycles. The van der Waals surface area contributed by atoms with Crippen LogP contribution in [-0.4, -0.2) is 26.9 Å². The minimum atomic E-state index is 0.308. The Kier molecular flexibility index (Phi) is 5.02. The molecule has 3 heteroatoms. The van der Waals surface area contributed by atoms with E-state index in [9.17, 15) is 0 Å². The third-order valence-electron chi connectivity index (χ3n) is 3.57. The molecule has 1 aliphatic heterocycles. The van der Waals surface area contributed by atoms with Crippen molar-refractivity contribution >= 4 is 0 Å². The van der Waals surface area contributed by atoms with Crippen LogP contribution in [0.2, 0.25) is 0 Å². The summed E-state index contributed by atoms with van der Waals surface area (Å²) < 4.78 is 10.9. The van der Waals surface area contributed by atoms with Crippen LogP contribution in [-0.2, 0) is 4.74 Å². The standard InChI is InChI=1S/C15H23NO2/c1-12(14-7-3-4-8-15(14)17-2)16-10-13-6-5-9-18-11-13/h3-4,7-8,12-13,16H,5-6,9-11H2,1-2H3. The molecule has 100 valence electrons. The summed E-state index contributed by atoms with van der Waals surface area (Å²) in [5.41, 5.74) is 1.22. The van der Waals surface area contributed by atoms with Gasteiger partial charge in [0.2, 0.25) is 0 Å². The summed E-state index contributed by atoms with van der Waals surface area (Å²) in [5.74, 6) is 1.60. The molecule has 1 N–H and O–H groups in total. The van der Waals surface area contributed by atoms with Gasteiger partial charge in [-0.25, -0.2) is 0 Å². The first-order chi connectivity index (χ1) is 8.81. The van der Waals surface area contributed by atoms with E-state index in [4.69, 9.17) is 9.47 Å². The monoisotopic (exact) mass is 249 g/mol. The summed E-state index contributed by atoms with van der Waals surface area (Å²) in [6.07, 6.45) is 2.46. The molecule has 2 atom stereocenters. The van der Waals surface area contributed by atoms with E-state index < -0.39 is 0 Å². The average molecular weight is 249 g/mol. The fraction of sp³-hybridized carbons (Fsp3) is 0.600. The van der Waals surface area contributed by atoms with E-state index in [0.29, 0.717) is 12.0 Å². The van der Waals surface area contributed by atoms with E-state index in [1.165, 1.54) is 18.4 Å². The Labute approximate surface area is 109 Å². The maximum atomic E-state index is 5.50. The number of nitrogens with one attached hydrogen (secondary N) is 1. The second-order valence-corrected chi connectivity index (χ2v) is 4.96. The summed E-state index contributed by atoms with van der Waals surface area (Å²) >= 11 is 0. The highest BCUT2D eigenvalue weighted by atomic mass is 16.5. The van der Waals surface area contributed by atoms with Gasteiger partial charge in [-0.3, -0.25) is 0 Å². The van der Waals surface area contributed by atoms with Crippen LogP contribution < -0.4 is 10.1 Å². The summed E-state index contributed by atoms with van der Waals surface area (Å²) in [7, 11) is 1.72. The molecule has 1 aliphatic rings. The first kappa shape index (κ1) is 13.4. The SMILES string of the molecule is COc1ccccc1C(C)NCC1CCCOC1. The number of para-hydroxylation sites is 1. The normalized spacial score (nSPS) is 21.6. The van der Waals surface area contributed by atoms with Gasteiger partial charge in [0.15, 0.2) is 0 Å². The van der Waals surface area contributed by atoms with Gasteiger partial charge in [-0.15, -0.1) is 0 Å². The lowest BCUT2D eigenvalue weighted by Crippen LogP contribution is -2.30. The Hall–Kier alpha value is -1.06. The predicted molar refractivity (Wildman–Crippen MR) is 73.0 cm³/mol. The number of ether oxygens (including phenoxy) is 2. The predicted octanol–water partition coefficient (Wildman–Crippen LogP) is 2.77. The molecule has 2 rings (SSSR count). The van der Waals surface area contributed by atoms with Crippen molar-refractivity contribution in [2.75, 3.05) is 26.9 Å². The molecular formula is C15H23NO2. The van der Waals surface area contributed by atoms with E-state index >= 15 is 0 Å². The van der Waals surface area contributed by atoms with Gasteiger partial charge in [-0.1, -0.05) is 18.2 Å². The second kappa shape index (κ2) is 6.76. The number of rotatable bonds is 5. The van der Waals surface area contributed by atoms with Gasteiger partial charge in [-0.05, 0) is 31.7 Å². The Balaban J connectivity index is 1.88. The quantitative estimate of drug-likeness (QED) is 0.870. The summed E-state index contributed by atoms with van der Waals surface area (Å²) in [5, 5.41) is 3.58. The summed E-state index contributed by atoms with van der Waals surface area (Å²) in [6, 6.07) is 8.50. The van der Waals surface area contributed by atoms with Gasteiger partial charge in [0.25, 0.3) is 0 Å². The van der Waals surface area contributed by atoms with Crippen molar-refractivity contribution in [2.24, 2.45) is 5.92 Å². The number of benzene rings is 1. The maximum Gasteiger partial charge on any atom is 0.123 e. The maximum absolute atomic E-state index is 5.50. The smallest absolute Gasteiger partial charge is 0.123 e. The van der Waals surface area contributed by atoms with Crippen LogP contribution in [0.4, 0.5) is 0 Å². The van der Waals surface area contributed by atoms with Crippen LogP contribution in [0.1, 0.15) is 31.4 Å². The Morgan fingerprint density at radius 3 is 3.00 bits per heavy atom. The van der Waals surface area contributed by atoms with Crippen molar-refractivity contribution in [3.63, 3.8) is 0 Å². The first-order valence-electron chi connectivity index (χ1n) is 6.75. The number of hydrogen-bond donors (Lipinski definition) is 1. The third-order valence-corrected chi connectivity index (χ3v) is 3.57. The molecule has 18 heavy (non-hydrogen) atoms. The van der Waals surface area contributed by atoms with Crippen molar-refractivity contribution in [1.29, 1.82) is 0 Å². The van der Waals surface area contributed by atoms with Gasteiger partial charge in [0.05, 0.1) is 13.7 Å². The highest BCUT2D eigenvalue weighted by Gasteiger charge is 2.16. The zero-order valence-corrected chi connectivity index (χ0v) is 11.3. The fourth-order valence-electron chi connectivity index (χ4n) is 2.45. The molecule has 3 nitrogen and oxygen atoms in total. The Bertz CT molecular complexity index is 361. The highest BCUT2D eigenvalue weighted by molar-refractivity contribution is 5.35. The highest BCUT2D eigenvalue weighted by Crippen LogP contribution is 2.24. The topological polar surface area (TPSA) is 30.5 Å². The number of hydrogen-bond acceptors (Lipinski definition) is 3. The molecule has 0 aromatic heterocycles. The lowest BCUT2D eigenvalue weighted by Gasteiger charge is -2.25. The van der Waals surface area contributed by atoms with Crippen molar-refractivity contribution in [2.45, 2.75) is 25.8 Å². The molecule has 0 radical (unpaired) electrons. The largest absolute Gasteiger partial charge is 0.496 e. The molecule has 1 fully saturated rings. The number of methoxy groups -OCH3 is 1. The molecular weight excluding hydrogens is 226 g/mol. The summed E-state index contributed by atoms with van der Waals surface area (Å²) in [6.45, 7) is 5.02. The van der Waals surface area contributed by atoms with E-state index in [0.717, 1.165) is 25.5 Å². The van der Waals surface area contributed by atoms with Gasteiger partial charge < -0.3 is 14.8 Å². The minimum absolute atomic E-state index is 0.308. The van der Waals surface area contributed by atoms with E-state index in [1.54, 1.807) is 7.11 Å². The van der Waals surface area contributed by atoms with Crippen LogP contribution in [0.15, 0.2) is 24.3 Å². The lowest BCUT2D eigenvalue weighted by atomic mass is 10.0. The second-order valence-electron chi connectivity index (χ2n) is 4.96. The van der Waals surface area contributed by atoms with Gasteiger partial charge in [0.1, 0.15) is 5.75 Å². The molecule has 0 bridgehead atoms. The molecule has 2 unspecified atom stereocenters. The van der Waals surface area contributed by atoms with Crippen molar-refractivity contribution < 1.29 is 9.47 Å². The minimum Gasteiger partial charge on any atom is -0.496 e. The zero-order valence-electron chi connectivity index (χ0n) is 11.3. The van der Waals surface area contributed by atoms with Crippen LogP contribution in [0, 0.1) is 5.92 Å². The Morgan fingerprint density at radius 1 is 1.44 bits per heavy atom. The molecule has 0 aliphatic carbocycles. The van der Waals surface area contributed by atoms with Gasteiger partial charge in [0, 0.05) is 24.8 Å². The van der Waals surface area contributed by atoms with Gasteiger partial charge >= 0.3 is 0 Å². The van der Waals surface area contributed by atoms with Gasteiger partial charge in [-0.2, -0.15) is 0 Å². The molecule has 0 saturated carbocycles.